The lowest BCUT2D eigenvalue weighted by atomic mass is 9.80. The third kappa shape index (κ3) is 5.03. The fourth-order valence-corrected chi connectivity index (χ4v) is 5.28. The van der Waals surface area contributed by atoms with E-state index < -0.39 is 0 Å². The van der Waals surface area contributed by atoms with E-state index in [9.17, 15) is 9.59 Å². The second-order valence-corrected chi connectivity index (χ2v) is 9.15. The van der Waals surface area contributed by atoms with Crippen LogP contribution in [0.1, 0.15) is 43.7 Å². The number of carbonyl (C=O) groups is 2. The van der Waals surface area contributed by atoms with Gasteiger partial charge >= 0.3 is 0 Å². The van der Waals surface area contributed by atoms with E-state index in [4.69, 9.17) is 0 Å². The van der Waals surface area contributed by atoms with E-state index in [2.05, 4.69) is 45.1 Å². The van der Waals surface area contributed by atoms with E-state index in [1.165, 1.54) is 5.56 Å². The van der Waals surface area contributed by atoms with Crippen LogP contribution < -0.4 is 16.0 Å². The quantitative estimate of drug-likeness (QED) is 0.653. The van der Waals surface area contributed by atoms with Crippen molar-refractivity contribution in [3.63, 3.8) is 0 Å². The van der Waals surface area contributed by atoms with Crippen molar-refractivity contribution in [2.24, 2.45) is 0 Å². The average molecular weight is 435 g/mol. The maximum absolute atomic E-state index is 13.1. The van der Waals surface area contributed by atoms with Gasteiger partial charge in [-0.05, 0) is 49.9 Å². The molecule has 0 unspecified atom stereocenters. The lowest BCUT2D eigenvalue weighted by Crippen LogP contribution is -2.56. The molecule has 0 saturated carbocycles. The van der Waals surface area contributed by atoms with Crippen LogP contribution >= 0.6 is 0 Å². The predicted octanol–water partition coefficient (Wildman–Crippen LogP) is 2.51. The Hall–Kier alpha value is -2.70. The van der Waals surface area contributed by atoms with Crippen LogP contribution in [0.25, 0.3) is 0 Å². The number of likely N-dealkylation sites (tertiary alicyclic amines) is 1. The Bertz CT molecular complexity index is 902. The Kier molecular flexibility index (Phi) is 6.92. The molecule has 6 heteroatoms. The molecule has 0 spiro atoms. The molecular weight excluding hydrogens is 400 g/mol. The molecule has 2 aromatic rings. The number of benzene rings is 2. The summed E-state index contributed by atoms with van der Waals surface area (Å²) >= 11 is 0. The average Bonchev–Trinajstić information content (AvgIpc) is 2.82. The molecule has 2 aliphatic rings. The maximum atomic E-state index is 13.1. The summed E-state index contributed by atoms with van der Waals surface area (Å²) in [5, 5.41) is 10.0. The molecule has 32 heavy (non-hydrogen) atoms. The summed E-state index contributed by atoms with van der Waals surface area (Å²) in [6, 6.07) is 20.5. The molecule has 2 aromatic carbocycles. The topological polar surface area (TPSA) is 73.5 Å². The largest absolute Gasteiger partial charge is 0.347 e. The van der Waals surface area contributed by atoms with E-state index in [0.29, 0.717) is 6.54 Å². The first kappa shape index (κ1) is 22.5. The van der Waals surface area contributed by atoms with E-state index in [0.717, 1.165) is 57.4 Å². The van der Waals surface area contributed by atoms with Crippen LogP contribution in [0.15, 0.2) is 60.7 Å². The Morgan fingerprint density at radius 1 is 0.812 bits per heavy atom. The second-order valence-electron chi connectivity index (χ2n) is 9.15. The Morgan fingerprint density at radius 2 is 1.31 bits per heavy atom. The molecule has 4 rings (SSSR count). The molecule has 2 heterocycles. The highest BCUT2D eigenvalue weighted by molar-refractivity contribution is 5.79. The van der Waals surface area contributed by atoms with Gasteiger partial charge in [0.25, 0.3) is 0 Å². The molecule has 2 aliphatic heterocycles. The van der Waals surface area contributed by atoms with Crippen molar-refractivity contribution in [1.29, 1.82) is 0 Å². The van der Waals surface area contributed by atoms with Gasteiger partial charge in [-0.1, -0.05) is 60.7 Å². The molecule has 170 valence electrons. The highest BCUT2D eigenvalue weighted by atomic mass is 16.2. The Labute approximate surface area is 190 Å². The number of hydrogen-bond acceptors (Lipinski definition) is 4. The summed E-state index contributed by atoms with van der Waals surface area (Å²) < 4.78 is 0. The van der Waals surface area contributed by atoms with Crippen LogP contribution in [0.5, 0.6) is 0 Å². The van der Waals surface area contributed by atoms with Gasteiger partial charge in [-0.15, -0.1) is 0 Å². The molecule has 2 saturated heterocycles. The second kappa shape index (κ2) is 9.84. The van der Waals surface area contributed by atoms with Gasteiger partial charge in [-0.25, -0.2) is 0 Å². The number of hydrogen-bond donors (Lipinski definition) is 3. The minimum absolute atomic E-state index is 0.0178. The fraction of sp³-hybridized carbons (Fsp3) is 0.462. The number of carbonyl (C=O) groups excluding carboxylic acids is 2. The minimum Gasteiger partial charge on any atom is -0.347 e. The van der Waals surface area contributed by atoms with Crippen molar-refractivity contribution < 1.29 is 9.59 Å². The summed E-state index contributed by atoms with van der Waals surface area (Å²) in [7, 11) is 0. The van der Waals surface area contributed by atoms with Gasteiger partial charge < -0.3 is 16.0 Å². The highest BCUT2D eigenvalue weighted by Gasteiger charge is 2.39. The van der Waals surface area contributed by atoms with Crippen molar-refractivity contribution in [2.75, 3.05) is 32.7 Å². The zero-order valence-corrected chi connectivity index (χ0v) is 18.9. The van der Waals surface area contributed by atoms with Crippen LogP contribution in [0.3, 0.4) is 0 Å². The molecule has 3 N–H and O–H groups in total. The fourth-order valence-electron chi connectivity index (χ4n) is 5.28. The lowest BCUT2D eigenvalue weighted by Gasteiger charge is -2.43. The van der Waals surface area contributed by atoms with Crippen LogP contribution in [-0.2, 0) is 20.7 Å². The van der Waals surface area contributed by atoms with Crippen LogP contribution in [0, 0.1) is 0 Å². The number of rotatable bonds is 6. The van der Waals surface area contributed by atoms with Gasteiger partial charge in [0, 0.05) is 20.0 Å². The Balaban J connectivity index is 1.41. The van der Waals surface area contributed by atoms with Gasteiger partial charge in [0.1, 0.15) is 0 Å². The smallest absolute Gasteiger partial charge is 0.234 e. The summed E-state index contributed by atoms with van der Waals surface area (Å²) in [5.41, 5.74) is 1.66. The first-order valence-electron chi connectivity index (χ1n) is 11.7. The van der Waals surface area contributed by atoms with E-state index in [-0.39, 0.29) is 22.9 Å². The number of nitrogens with one attached hydrogen (secondary N) is 3. The lowest BCUT2D eigenvalue weighted by molar-refractivity contribution is -0.126. The zero-order valence-electron chi connectivity index (χ0n) is 18.9. The number of piperidine rings is 2. The monoisotopic (exact) mass is 434 g/mol. The standard InChI is InChI=1S/C26H34N4O2/c1-21(31)28-26(23-10-6-3-7-11-23)14-18-30(19-15-26)20-24(32)29-25(12-16-27-17-13-25)22-8-4-2-5-9-22/h2-11,27H,12-20H2,1H3,(H,28,31)(H,29,32). The molecule has 0 atom stereocenters. The summed E-state index contributed by atoms with van der Waals surface area (Å²) in [6.45, 7) is 5.29. The van der Waals surface area contributed by atoms with Gasteiger partial charge in [-0.3, -0.25) is 14.5 Å². The summed E-state index contributed by atoms with van der Waals surface area (Å²) in [4.78, 5) is 27.3. The molecule has 2 amide bonds. The SMILES string of the molecule is CC(=O)NC1(c2ccccc2)CCN(CC(=O)NC2(c3ccccc3)CCNCC2)CC1. The van der Waals surface area contributed by atoms with E-state index in [1.807, 2.05) is 36.4 Å². The minimum atomic E-state index is -0.361. The van der Waals surface area contributed by atoms with Crippen LogP contribution in [0.2, 0.25) is 0 Å². The van der Waals surface area contributed by atoms with Crippen molar-refractivity contribution in [3.05, 3.63) is 71.8 Å². The van der Waals surface area contributed by atoms with Crippen molar-refractivity contribution in [1.82, 2.24) is 20.9 Å². The molecule has 0 aliphatic carbocycles. The predicted molar refractivity (Wildman–Crippen MR) is 126 cm³/mol. The zero-order chi connectivity index (χ0) is 22.4. The normalized spacial score (nSPS) is 20.3. The van der Waals surface area contributed by atoms with Gasteiger partial charge in [0.2, 0.25) is 11.8 Å². The van der Waals surface area contributed by atoms with E-state index in [1.54, 1.807) is 6.92 Å². The first-order chi connectivity index (χ1) is 15.5. The molecule has 6 nitrogen and oxygen atoms in total. The third-order valence-corrected chi connectivity index (χ3v) is 6.98. The van der Waals surface area contributed by atoms with Crippen LogP contribution in [-0.4, -0.2) is 49.4 Å². The summed E-state index contributed by atoms with van der Waals surface area (Å²) in [6.07, 6.45) is 3.36. The first-order valence-corrected chi connectivity index (χ1v) is 11.7. The molecule has 0 radical (unpaired) electrons. The number of nitrogens with zero attached hydrogens (tertiary/aromatic N) is 1. The van der Waals surface area contributed by atoms with Gasteiger partial charge in [-0.2, -0.15) is 0 Å². The maximum Gasteiger partial charge on any atom is 0.234 e. The van der Waals surface area contributed by atoms with E-state index >= 15 is 0 Å². The molecular formula is C26H34N4O2. The summed E-state index contributed by atoms with van der Waals surface area (Å²) in [5.74, 6) is 0.0539. The third-order valence-electron chi connectivity index (χ3n) is 6.98. The highest BCUT2D eigenvalue weighted by Crippen LogP contribution is 2.34. The van der Waals surface area contributed by atoms with Crippen molar-refractivity contribution >= 4 is 11.8 Å². The number of amides is 2. The molecule has 2 fully saturated rings. The van der Waals surface area contributed by atoms with Crippen LogP contribution in [0.4, 0.5) is 0 Å². The Morgan fingerprint density at radius 3 is 1.81 bits per heavy atom. The molecule has 0 bridgehead atoms. The van der Waals surface area contributed by atoms with Gasteiger partial charge in [0.15, 0.2) is 0 Å². The molecule has 0 aromatic heterocycles. The van der Waals surface area contributed by atoms with Gasteiger partial charge in [0.05, 0.1) is 17.6 Å². The van der Waals surface area contributed by atoms with Crippen molar-refractivity contribution in [3.8, 4) is 0 Å². The van der Waals surface area contributed by atoms with Crippen molar-refractivity contribution in [2.45, 2.75) is 43.7 Å².